The van der Waals surface area contributed by atoms with Gasteiger partial charge in [-0.05, 0) is 30.6 Å². The summed E-state index contributed by atoms with van der Waals surface area (Å²) < 4.78 is 4.09. The lowest BCUT2D eigenvalue weighted by atomic mass is 9.92. The second kappa shape index (κ2) is 8.75. The van der Waals surface area contributed by atoms with Crippen LogP contribution in [-0.4, -0.2) is 9.90 Å². The smallest absolute Gasteiger partial charge is 0.160 e. The van der Waals surface area contributed by atoms with Crippen molar-refractivity contribution in [2.45, 2.75) is 86.0 Å². The fraction of sp³-hybridized carbons (Fsp3) is 0.481. The Kier molecular flexibility index (Phi) is 6.50. The van der Waals surface area contributed by atoms with Crippen LogP contribution < -0.4 is 4.68 Å². The highest BCUT2D eigenvalue weighted by Gasteiger charge is 2.23. The maximum Gasteiger partial charge on any atom is 0.160 e. The number of hydrogen-bond donors (Lipinski definition) is 0. The molecule has 0 atom stereocenters. The van der Waals surface area contributed by atoms with Crippen molar-refractivity contribution < 1.29 is 4.68 Å². The first-order chi connectivity index (χ1) is 14.1. The van der Waals surface area contributed by atoms with Crippen molar-refractivity contribution in [1.82, 2.24) is 9.90 Å². The zero-order valence-electron chi connectivity index (χ0n) is 20.1. The van der Waals surface area contributed by atoms with Gasteiger partial charge in [0.05, 0.1) is 10.9 Å². The summed E-state index contributed by atoms with van der Waals surface area (Å²) in [5.74, 6) is 1.67. The summed E-state index contributed by atoms with van der Waals surface area (Å²) in [7, 11) is 0. The van der Waals surface area contributed by atoms with Gasteiger partial charge in [0.1, 0.15) is 0 Å². The highest BCUT2D eigenvalue weighted by atomic mass is 15.5. The molecule has 3 aromatic rings. The molecule has 0 amide bonds. The number of hydrogen-bond acceptors (Lipinski definition) is 1. The number of rotatable bonds is 6. The first kappa shape index (κ1) is 22.3. The number of nitrogens with zero attached hydrogens (tertiary/aromatic N) is 3. The van der Waals surface area contributed by atoms with Gasteiger partial charge in [-0.2, -0.15) is 0 Å². The molecule has 2 aromatic carbocycles. The van der Waals surface area contributed by atoms with Gasteiger partial charge in [-0.3, -0.25) is 4.68 Å². The molecule has 3 rings (SSSR count). The predicted octanol–water partition coefficient (Wildman–Crippen LogP) is 6.75. The van der Waals surface area contributed by atoms with E-state index in [-0.39, 0.29) is 0 Å². The molecule has 3 nitrogen and oxygen atoms in total. The molecule has 160 valence electrons. The van der Waals surface area contributed by atoms with E-state index in [2.05, 4.69) is 110 Å². The summed E-state index contributed by atoms with van der Waals surface area (Å²) in [6.45, 7) is 20.1. The molecule has 3 heteroatoms. The number of aryl methyl sites for hydroxylation is 1. The molecule has 30 heavy (non-hydrogen) atoms. The Morgan fingerprint density at radius 1 is 0.700 bits per heavy atom. The van der Waals surface area contributed by atoms with E-state index in [0.29, 0.717) is 23.7 Å². The normalized spacial score (nSPS) is 12.0. The average Bonchev–Trinajstić information content (AvgIpc) is 3.07. The minimum absolute atomic E-state index is 0.416. The quantitative estimate of drug-likeness (QED) is 0.329. The van der Waals surface area contributed by atoms with Gasteiger partial charge < -0.3 is 0 Å². The first-order valence-electron chi connectivity index (χ1n) is 11.3. The summed E-state index contributed by atoms with van der Waals surface area (Å²) in [5.41, 5.74) is 8.70. The first-order valence-corrected chi connectivity index (χ1v) is 11.3. The molecule has 0 unspecified atom stereocenters. The van der Waals surface area contributed by atoms with Crippen molar-refractivity contribution in [3.05, 3.63) is 70.5 Å². The van der Waals surface area contributed by atoms with Crippen molar-refractivity contribution in [2.24, 2.45) is 0 Å². The molecule has 0 saturated heterocycles. The molecule has 1 aromatic heterocycles. The van der Waals surface area contributed by atoms with E-state index in [1.54, 1.807) is 0 Å². The number of para-hydroxylation sites is 2. The maximum atomic E-state index is 5.10. The van der Waals surface area contributed by atoms with E-state index < -0.39 is 0 Å². The fourth-order valence-corrected chi connectivity index (χ4v) is 4.21. The molecule has 0 aliphatic heterocycles. The van der Waals surface area contributed by atoms with Crippen LogP contribution in [0.25, 0.3) is 11.4 Å². The zero-order chi connectivity index (χ0) is 22.2. The highest BCUT2D eigenvalue weighted by Crippen LogP contribution is 2.32. The van der Waals surface area contributed by atoms with Gasteiger partial charge in [0.2, 0.25) is 0 Å². The molecule has 0 N–H and O–H groups in total. The zero-order valence-corrected chi connectivity index (χ0v) is 20.1. The Balaban J connectivity index is 2.30. The molecular formula is C27H37N3. The molecule has 0 aliphatic carbocycles. The van der Waals surface area contributed by atoms with Crippen LogP contribution in [0.5, 0.6) is 0 Å². The minimum atomic E-state index is 0.416. The standard InChI is InChI=1S/C27H37N3/c1-17(2)22-12-10-13-23(18(3)4)26(22)29-16-21(9)30(28-29)27-24(19(5)6)14-11-15-25(27)20(7)8/h10-15,17-20H,1-9H3. The molecule has 0 fully saturated rings. The highest BCUT2D eigenvalue weighted by molar-refractivity contribution is 5.51. The van der Waals surface area contributed by atoms with E-state index >= 15 is 0 Å². The summed E-state index contributed by atoms with van der Waals surface area (Å²) in [6, 6.07) is 13.3. The van der Waals surface area contributed by atoms with Crippen LogP contribution in [0.2, 0.25) is 0 Å². The minimum Gasteiger partial charge on any atom is -0.263 e. The average molecular weight is 404 g/mol. The summed E-state index contributed by atoms with van der Waals surface area (Å²) >= 11 is 0. The van der Waals surface area contributed by atoms with E-state index in [1.807, 2.05) is 4.68 Å². The van der Waals surface area contributed by atoms with Crippen molar-refractivity contribution in [2.75, 3.05) is 0 Å². The molecule has 0 radical (unpaired) electrons. The molecular weight excluding hydrogens is 366 g/mol. The monoisotopic (exact) mass is 403 g/mol. The van der Waals surface area contributed by atoms with Gasteiger partial charge in [0.15, 0.2) is 5.69 Å². The lowest BCUT2D eigenvalue weighted by molar-refractivity contribution is -0.666. The SMILES string of the molecule is Cc1[c-][n+](-c2c(C(C)C)cccc2C(C)C)nn1-c1c(C(C)C)cccc1C(C)C. The Morgan fingerprint density at radius 2 is 1.10 bits per heavy atom. The number of aromatic nitrogens is 3. The summed E-state index contributed by atoms with van der Waals surface area (Å²) in [5, 5.41) is 5.10. The Morgan fingerprint density at radius 3 is 1.50 bits per heavy atom. The topological polar surface area (TPSA) is 21.7 Å². The second-order valence-electron chi connectivity index (χ2n) is 9.60. The Hall–Kier alpha value is -2.42. The lowest BCUT2D eigenvalue weighted by Gasteiger charge is -2.22. The third-order valence-corrected chi connectivity index (χ3v) is 5.87. The van der Waals surface area contributed by atoms with Crippen LogP contribution in [0.4, 0.5) is 0 Å². The lowest BCUT2D eigenvalue weighted by Crippen LogP contribution is -2.37. The number of benzene rings is 2. The molecule has 1 heterocycles. The van der Waals surface area contributed by atoms with E-state index in [9.17, 15) is 0 Å². The third-order valence-electron chi connectivity index (χ3n) is 5.87. The summed E-state index contributed by atoms with van der Waals surface area (Å²) in [6.07, 6.45) is 3.55. The van der Waals surface area contributed by atoms with Gasteiger partial charge in [0, 0.05) is 23.0 Å². The molecule has 0 aliphatic rings. The molecule has 0 saturated carbocycles. The van der Waals surface area contributed by atoms with Crippen molar-refractivity contribution >= 4 is 0 Å². The van der Waals surface area contributed by atoms with Gasteiger partial charge in [-0.1, -0.05) is 103 Å². The van der Waals surface area contributed by atoms with Crippen LogP contribution in [0.1, 0.15) is 107 Å². The Labute approximate surface area is 182 Å². The van der Waals surface area contributed by atoms with Gasteiger partial charge >= 0.3 is 0 Å². The van der Waals surface area contributed by atoms with E-state index in [4.69, 9.17) is 5.21 Å². The van der Waals surface area contributed by atoms with Crippen LogP contribution >= 0.6 is 0 Å². The van der Waals surface area contributed by atoms with Crippen LogP contribution in [0.15, 0.2) is 36.4 Å². The predicted molar refractivity (Wildman–Crippen MR) is 125 cm³/mol. The van der Waals surface area contributed by atoms with Crippen molar-refractivity contribution in [3.8, 4) is 11.4 Å². The molecule has 0 bridgehead atoms. The van der Waals surface area contributed by atoms with Crippen LogP contribution in [0, 0.1) is 13.1 Å². The van der Waals surface area contributed by atoms with Gasteiger partial charge in [-0.25, -0.2) is 0 Å². The van der Waals surface area contributed by atoms with Gasteiger partial charge in [-0.15, -0.1) is 4.68 Å². The van der Waals surface area contributed by atoms with Crippen LogP contribution in [-0.2, 0) is 0 Å². The molecule has 0 spiro atoms. The van der Waals surface area contributed by atoms with Crippen molar-refractivity contribution in [3.63, 3.8) is 0 Å². The van der Waals surface area contributed by atoms with Crippen molar-refractivity contribution in [1.29, 1.82) is 0 Å². The van der Waals surface area contributed by atoms with Crippen LogP contribution in [0.3, 0.4) is 0 Å². The summed E-state index contributed by atoms with van der Waals surface area (Å²) in [4.78, 5) is 0. The third kappa shape index (κ3) is 4.08. The maximum absolute atomic E-state index is 5.10. The van der Waals surface area contributed by atoms with E-state index in [0.717, 1.165) is 5.69 Å². The van der Waals surface area contributed by atoms with Gasteiger partial charge in [0.25, 0.3) is 0 Å². The fourth-order valence-electron chi connectivity index (χ4n) is 4.21. The largest absolute Gasteiger partial charge is 0.263 e. The van der Waals surface area contributed by atoms with E-state index in [1.165, 1.54) is 33.6 Å². The Bertz CT molecular complexity index is 970. The second-order valence-corrected chi connectivity index (χ2v) is 9.60.